The number of nitrogens with zero attached hydrogens (tertiary/aromatic N) is 1. The van der Waals surface area contributed by atoms with Gasteiger partial charge in [0.15, 0.2) is 0 Å². The number of likely N-dealkylation sites (N-methyl/N-ethyl adjacent to an activating group) is 1. The van der Waals surface area contributed by atoms with Gasteiger partial charge in [0.2, 0.25) is 0 Å². The molecule has 0 amide bonds. The molecule has 1 N–H and O–H groups in total. The Morgan fingerprint density at radius 2 is 2.00 bits per heavy atom. The largest absolute Gasteiger partial charge is 0.383 e. The molecule has 106 valence electrons. The van der Waals surface area contributed by atoms with E-state index in [9.17, 15) is 0 Å². The van der Waals surface area contributed by atoms with Gasteiger partial charge in [-0.1, -0.05) is 13.8 Å². The number of nitrogens with one attached hydrogen (secondary N) is 1. The first-order chi connectivity index (χ1) is 8.57. The van der Waals surface area contributed by atoms with Crippen LogP contribution in [-0.2, 0) is 4.74 Å². The number of methoxy groups -OCH3 is 1. The average molecular weight is 254 g/mol. The fraction of sp³-hybridized carbons (Fsp3) is 1.00. The van der Waals surface area contributed by atoms with E-state index in [1.54, 1.807) is 0 Å². The van der Waals surface area contributed by atoms with Crippen LogP contribution in [0, 0.1) is 5.41 Å². The molecule has 0 saturated heterocycles. The first-order valence-electron chi connectivity index (χ1n) is 7.49. The maximum Gasteiger partial charge on any atom is 0.0589 e. The smallest absolute Gasteiger partial charge is 0.0589 e. The van der Waals surface area contributed by atoms with Gasteiger partial charge in [0, 0.05) is 31.8 Å². The van der Waals surface area contributed by atoms with Gasteiger partial charge in [0.1, 0.15) is 0 Å². The van der Waals surface area contributed by atoms with Crippen molar-refractivity contribution in [3.05, 3.63) is 0 Å². The van der Waals surface area contributed by atoms with Crippen LogP contribution in [0.25, 0.3) is 0 Å². The molecule has 2 rings (SSSR count). The van der Waals surface area contributed by atoms with E-state index >= 15 is 0 Å². The lowest BCUT2D eigenvalue weighted by molar-refractivity contribution is 0.0425. The summed E-state index contributed by atoms with van der Waals surface area (Å²) < 4.78 is 5.30. The average Bonchev–Trinajstić information content (AvgIpc) is 3.13. The summed E-state index contributed by atoms with van der Waals surface area (Å²) in [4.78, 5) is 2.73. The van der Waals surface area contributed by atoms with Crippen molar-refractivity contribution >= 4 is 0 Å². The molecule has 2 fully saturated rings. The molecule has 2 aliphatic rings. The molecular formula is C15H30N2O. The van der Waals surface area contributed by atoms with Gasteiger partial charge in [-0.2, -0.15) is 0 Å². The van der Waals surface area contributed by atoms with Crippen molar-refractivity contribution in [2.75, 3.05) is 27.3 Å². The molecule has 2 saturated carbocycles. The lowest BCUT2D eigenvalue weighted by Gasteiger charge is -2.46. The summed E-state index contributed by atoms with van der Waals surface area (Å²) in [6, 6.07) is 2.19. The second-order valence-corrected chi connectivity index (χ2v) is 6.83. The zero-order valence-corrected chi connectivity index (χ0v) is 12.5. The summed E-state index contributed by atoms with van der Waals surface area (Å²) in [5, 5.41) is 3.55. The zero-order chi connectivity index (χ0) is 13.2. The molecule has 18 heavy (non-hydrogen) atoms. The standard InChI is InChI=1S/C15H30N2O/c1-15(2)8-7-13(16-3)14(11-15)17(9-10-18-4)12-5-6-12/h12-14,16H,5-11H2,1-4H3. The number of rotatable bonds is 6. The molecule has 2 atom stereocenters. The summed E-state index contributed by atoms with van der Waals surface area (Å²) >= 11 is 0. The monoisotopic (exact) mass is 254 g/mol. The summed E-state index contributed by atoms with van der Waals surface area (Å²) in [6.07, 6.45) is 6.75. The topological polar surface area (TPSA) is 24.5 Å². The van der Waals surface area contributed by atoms with E-state index in [2.05, 4.69) is 31.1 Å². The van der Waals surface area contributed by atoms with Crippen LogP contribution < -0.4 is 5.32 Å². The van der Waals surface area contributed by atoms with Gasteiger partial charge in [-0.3, -0.25) is 4.90 Å². The molecule has 0 aromatic carbocycles. The van der Waals surface area contributed by atoms with Gasteiger partial charge in [-0.15, -0.1) is 0 Å². The second-order valence-electron chi connectivity index (χ2n) is 6.83. The summed E-state index contributed by atoms with van der Waals surface area (Å²) in [5.74, 6) is 0. The van der Waals surface area contributed by atoms with Crippen molar-refractivity contribution in [1.82, 2.24) is 10.2 Å². The minimum absolute atomic E-state index is 0.498. The Hall–Kier alpha value is -0.120. The van der Waals surface area contributed by atoms with Crippen LogP contribution >= 0.6 is 0 Å². The van der Waals surface area contributed by atoms with E-state index in [4.69, 9.17) is 4.74 Å². The van der Waals surface area contributed by atoms with Crippen LogP contribution in [0.3, 0.4) is 0 Å². The van der Waals surface area contributed by atoms with Crippen molar-refractivity contribution in [2.45, 2.75) is 64.1 Å². The molecular weight excluding hydrogens is 224 g/mol. The molecule has 0 aromatic heterocycles. The van der Waals surface area contributed by atoms with E-state index in [0.717, 1.165) is 19.2 Å². The van der Waals surface area contributed by atoms with Gasteiger partial charge in [0.05, 0.1) is 6.61 Å². The van der Waals surface area contributed by atoms with Gasteiger partial charge in [-0.05, 0) is 44.6 Å². The molecule has 2 aliphatic carbocycles. The molecule has 0 heterocycles. The van der Waals surface area contributed by atoms with E-state index in [0.29, 0.717) is 17.5 Å². The van der Waals surface area contributed by atoms with Crippen molar-refractivity contribution in [3.8, 4) is 0 Å². The molecule has 0 aliphatic heterocycles. The van der Waals surface area contributed by atoms with Gasteiger partial charge in [0.25, 0.3) is 0 Å². The molecule has 0 bridgehead atoms. The van der Waals surface area contributed by atoms with Gasteiger partial charge >= 0.3 is 0 Å². The fourth-order valence-corrected chi connectivity index (χ4v) is 3.46. The third-order valence-corrected chi connectivity index (χ3v) is 4.72. The van der Waals surface area contributed by atoms with Crippen LogP contribution in [-0.4, -0.2) is 50.3 Å². The normalized spacial score (nSPS) is 31.8. The van der Waals surface area contributed by atoms with Crippen molar-refractivity contribution in [1.29, 1.82) is 0 Å². The zero-order valence-electron chi connectivity index (χ0n) is 12.5. The number of hydrogen-bond acceptors (Lipinski definition) is 3. The van der Waals surface area contributed by atoms with E-state index in [1.807, 2.05) is 7.11 Å². The maximum absolute atomic E-state index is 5.30. The Balaban J connectivity index is 2.03. The highest BCUT2D eigenvalue weighted by molar-refractivity contribution is 4.98. The third kappa shape index (κ3) is 3.46. The van der Waals surface area contributed by atoms with Crippen LogP contribution in [0.15, 0.2) is 0 Å². The lowest BCUT2D eigenvalue weighted by atomic mass is 9.72. The lowest BCUT2D eigenvalue weighted by Crippen LogP contribution is -2.55. The summed E-state index contributed by atoms with van der Waals surface area (Å²) in [7, 11) is 3.93. The van der Waals surface area contributed by atoms with E-state index < -0.39 is 0 Å². The van der Waals surface area contributed by atoms with Crippen LogP contribution in [0.2, 0.25) is 0 Å². The predicted molar refractivity (Wildman–Crippen MR) is 75.9 cm³/mol. The molecule has 0 spiro atoms. The highest BCUT2D eigenvalue weighted by Gasteiger charge is 2.42. The first kappa shape index (κ1) is 14.3. The Bertz CT molecular complexity index is 263. The fourth-order valence-electron chi connectivity index (χ4n) is 3.46. The molecule has 3 heteroatoms. The third-order valence-electron chi connectivity index (χ3n) is 4.72. The minimum Gasteiger partial charge on any atom is -0.383 e. The van der Waals surface area contributed by atoms with Gasteiger partial charge in [-0.25, -0.2) is 0 Å². The maximum atomic E-state index is 5.30. The van der Waals surface area contributed by atoms with Gasteiger partial charge < -0.3 is 10.1 Å². The van der Waals surface area contributed by atoms with E-state index in [-0.39, 0.29) is 0 Å². The highest BCUT2D eigenvalue weighted by atomic mass is 16.5. The highest BCUT2D eigenvalue weighted by Crippen LogP contribution is 2.40. The van der Waals surface area contributed by atoms with Crippen molar-refractivity contribution in [2.24, 2.45) is 5.41 Å². The molecule has 2 unspecified atom stereocenters. The second kappa shape index (κ2) is 5.89. The van der Waals surface area contributed by atoms with Crippen LogP contribution in [0.5, 0.6) is 0 Å². The van der Waals surface area contributed by atoms with Crippen molar-refractivity contribution in [3.63, 3.8) is 0 Å². The molecule has 0 aromatic rings. The summed E-state index contributed by atoms with van der Waals surface area (Å²) in [5.41, 5.74) is 0.498. The molecule has 3 nitrogen and oxygen atoms in total. The van der Waals surface area contributed by atoms with E-state index in [1.165, 1.54) is 32.1 Å². The Kier molecular flexibility index (Phi) is 4.68. The SMILES string of the molecule is CNC1CCC(C)(C)CC1N(CCOC)C1CC1. The number of ether oxygens (including phenoxy) is 1. The minimum atomic E-state index is 0.498. The van der Waals surface area contributed by atoms with Crippen LogP contribution in [0.4, 0.5) is 0 Å². The Labute approximate surface area is 112 Å². The van der Waals surface area contributed by atoms with Crippen molar-refractivity contribution < 1.29 is 4.74 Å². The Morgan fingerprint density at radius 1 is 1.28 bits per heavy atom. The first-order valence-corrected chi connectivity index (χ1v) is 7.49. The van der Waals surface area contributed by atoms with Crippen LogP contribution in [0.1, 0.15) is 46.0 Å². The quantitative estimate of drug-likeness (QED) is 0.787. The molecule has 0 radical (unpaired) electrons. The Morgan fingerprint density at radius 3 is 2.56 bits per heavy atom. The predicted octanol–water partition coefficient (Wildman–Crippen LogP) is 2.26. The number of hydrogen-bond donors (Lipinski definition) is 1. The summed E-state index contributed by atoms with van der Waals surface area (Å²) in [6.45, 7) is 6.81.